The monoisotopic (exact) mass is 761 g/mol. The minimum atomic E-state index is -0.427. The largest absolute Gasteiger partial charge is 0.456 e. The van der Waals surface area contributed by atoms with Crippen LogP contribution < -0.4 is 5.32 Å². The summed E-state index contributed by atoms with van der Waals surface area (Å²) in [5, 5.41) is 9.02. The normalized spacial score (nSPS) is 13.4. The average molecular weight is 762 g/mol. The zero-order valence-electron chi connectivity index (χ0n) is 32.4. The fourth-order valence-corrected chi connectivity index (χ4v) is 9.03. The SMILES string of the molecule is C=C/C(=N\C(NC(=C)c1ccccc1)c1ccccc1)c1cccc2oc3cccc(-c4cccc5oc6ccc(-n7c8c(c9ccccc97)C=CCC8)cc6c45)c3c12. The minimum absolute atomic E-state index is 0.427. The molecule has 5 heteroatoms. The van der Waals surface area contributed by atoms with Gasteiger partial charge >= 0.3 is 0 Å². The Balaban J connectivity index is 1.10. The molecule has 0 bridgehead atoms. The van der Waals surface area contributed by atoms with E-state index in [9.17, 15) is 0 Å². The van der Waals surface area contributed by atoms with Crippen molar-refractivity contribution in [3.05, 3.63) is 211 Å². The Labute approximate surface area is 341 Å². The van der Waals surface area contributed by atoms with E-state index in [1.54, 1.807) is 0 Å². The second kappa shape index (κ2) is 14.1. The maximum Gasteiger partial charge on any atom is 0.145 e. The van der Waals surface area contributed by atoms with Crippen molar-refractivity contribution in [1.29, 1.82) is 0 Å². The van der Waals surface area contributed by atoms with Gasteiger partial charge in [-0.25, -0.2) is 0 Å². The van der Waals surface area contributed by atoms with Crippen molar-refractivity contribution in [2.24, 2.45) is 4.99 Å². The zero-order chi connectivity index (χ0) is 39.5. The van der Waals surface area contributed by atoms with E-state index in [1.165, 1.54) is 22.2 Å². The van der Waals surface area contributed by atoms with Gasteiger partial charge in [0, 0.05) is 55.1 Å². The molecule has 1 N–H and O–H groups in total. The highest BCUT2D eigenvalue weighted by molar-refractivity contribution is 6.26. The van der Waals surface area contributed by atoms with E-state index in [-0.39, 0.29) is 0 Å². The molecule has 0 radical (unpaired) electrons. The van der Waals surface area contributed by atoms with Crippen LogP contribution in [0.15, 0.2) is 197 Å². The molecule has 0 saturated heterocycles. The molecule has 5 nitrogen and oxygen atoms in total. The van der Waals surface area contributed by atoms with Crippen molar-refractivity contribution in [2.75, 3.05) is 0 Å². The van der Waals surface area contributed by atoms with Gasteiger partial charge in [0.05, 0.1) is 11.2 Å². The topological polar surface area (TPSA) is 55.6 Å². The fraction of sp³-hybridized carbons (Fsp3) is 0.0556. The van der Waals surface area contributed by atoms with Crippen LogP contribution in [0.5, 0.6) is 0 Å². The number of aliphatic imine (C=N–C) groups is 1. The number of aromatic nitrogens is 1. The van der Waals surface area contributed by atoms with Gasteiger partial charge in [-0.3, -0.25) is 4.99 Å². The van der Waals surface area contributed by atoms with E-state index in [2.05, 4.69) is 126 Å². The van der Waals surface area contributed by atoms with Gasteiger partial charge in [0.15, 0.2) is 0 Å². The Morgan fingerprint density at radius 3 is 2.14 bits per heavy atom. The summed E-state index contributed by atoms with van der Waals surface area (Å²) in [4.78, 5) is 5.37. The van der Waals surface area contributed by atoms with Crippen molar-refractivity contribution in [3.8, 4) is 16.8 Å². The van der Waals surface area contributed by atoms with Gasteiger partial charge in [-0.05, 0) is 83.6 Å². The van der Waals surface area contributed by atoms with E-state index in [0.29, 0.717) is 0 Å². The number of rotatable bonds is 9. The number of nitrogens with one attached hydrogen (secondary N) is 1. The van der Waals surface area contributed by atoms with Crippen molar-refractivity contribution in [1.82, 2.24) is 9.88 Å². The van der Waals surface area contributed by atoms with Crippen molar-refractivity contribution in [2.45, 2.75) is 19.0 Å². The van der Waals surface area contributed by atoms with Gasteiger partial charge in [0.1, 0.15) is 28.5 Å². The maximum absolute atomic E-state index is 6.65. The average Bonchev–Trinajstić information content (AvgIpc) is 3.98. The van der Waals surface area contributed by atoms with E-state index < -0.39 is 6.17 Å². The Kier molecular flexibility index (Phi) is 8.26. The highest BCUT2D eigenvalue weighted by atomic mass is 16.3. The number of fused-ring (bicyclic) bond motifs is 9. The van der Waals surface area contributed by atoms with Crippen LogP contribution in [0.4, 0.5) is 0 Å². The molecule has 0 amide bonds. The van der Waals surface area contributed by atoms with Crippen molar-refractivity contribution in [3.63, 3.8) is 0 Å². The molecule has 3 heterocycles. The molecule has 1 unspecified atom stereocenters. The van der Waals surface area contributed by atoms with Crippen LogP contribution in [0.1, 0.15) is 40.5 Å². The minimum Gasteiger partial charge on any atom is -0.456 e. The van der Waals surface area contributed by atoms with Crippen LogP contribution in [-0.2, 0) is 6.42 Å². The second-order valence-corrected chi connectivity index (χ2v) is 15.1. The molecular formula is C54H39N3O2. The third-order valence-corrected chi connectivity index (χ3v) is 11.7. The molecule has 59 heavy (non-hydrogen) atoms. The zero-order valence-corrected chi connectivity index (χ0v) is 32.4. The van der Waals surface area contributed by atoms with Crippen LogP contribution in [0.25, 0.3) is 83.4 Å². The summed E-state index contributed by atoms with van der Waals surface area (Å²) in [5.74, 6) is 0. The lowest BCUT2D eigenvalue weighted by Crippen LogP contribution is -2.19. The van der Waals surface area contributed by atoms with Gasteiger partial charge in [-0.15, -0.1) is 0 Å². The Morgan fingerprint density at radius 2 is 1.34 bits per heavy atom. The molecule has 1 atom stereocenters. The lowest BCUT2D eigenvalue weighted by Gasteiger charge is -2.20. The first-order valence-electron chi connectivity index (χ1n) is 20.1. The molecule has 282 valence electrons. The van der Waals surface area contributed by atoms with Crippen molar-refractivity contribution >= 4 is 72.3 Å². The number of hydrogen-bond donors (Lipinski definition) is 1. The van der Waals surface area contributed by atoms with E-state index in [0.717, 1.165) is 102 Å². The highest BCUT2D eigenvalue weighted by Gasteiger charge is 2.23. The van der Waals surface area contributed by atoms with E-state index in [1.807, 2.05) is 72.8 Å². The molecular weight excluding hydrogens is 723 g/mol. The predicted octanol–water partition coefficient (Wildman–Crippen LogP) is 14.0. The molecule has 0 fully saturated rings. The maximum atomic E-state index is 6.65. The lowest BCUT2D eigenvalue weighted by molar-refractivity contribution is 0.668. The summed E-state index contributed by atoms with van der Waals surface area (Å²) < 4.78 is 15.7. The first-order valence-corrected chi connectivity index (χ1v) is 20.1. The first kappa shape index (κ1) is 34.6. The predicted molar refractivity (Wildman–Crippen MR) is 245 cm³/mol. The Hall–Kier alpha value is -7.63. The second-order valence-electron chi connectivity index (χ2n) is 15.1. The number of nitrogens with zero attached hydrogens (tertiary/aromatic N) is 2. The summed E-state index contributed by atoms with van der Waals surface area (Å²) in [5.41, 5.74) is 14.9. The molecule has 0 saturated carbocycles. The number of hydrogen-bond acceptors (Lipinski definition) is 4. The summed E-state index contributed by atoms with van der Waals surface area (Å²) in [6.07, 6.45) is 8.00. The molecule has 3 aromatic heterocycles. The van der Waals surface area contributed by atoms with Gasteiger partial charge < -0.3 is 18.7 Å². The summed E-state index contributed by atoms with van der Waals surface area (Å²) >= 11 is 0. The highest BCUT2D eigenvalue weighted by Crippen LogP contribution is 2.44. The van der Waals surface area contributed by atoms with Gasteiger partial charge in [0.2, 0.25) is 0 Å². The fourth-order valence-electron chi connectivity index (χ4n) is 9.03. The molecule has 7 aromatic carbocycles. The number of allylic oxidation sites excluding steroid dienone is 2. The first-order chi connectivity index (χ1) is 29.1. The molecule has 1 aliphatic carbocycles. The third kappa shape index (κ3) is 5.73. The summed E-state index contributed by atoms with van der Waals surface area (Å²) in [7, 11) is 0. The Morgan fingerprint density at radius 1 is 0.661 bits per heavy atom. The van der Waals surface area contributed by atoms with E-state index >= 15 is 0 Å². The van der Waals surface area contributed by atoms with Crippen LogP contribution in [0, 0.1) is 0 Å². The lowest BCUT2D eigenvalue weighted by atomic mass is 9.93. The number of para-hydroxylation sites is 1. The molecule has 10 aromatic rings. The third-order valence-electron chi connectivity index (χ3n) is 11.7. The molecule has 1 aliphatic rings. The molecule has 0 spiro atoms. The molecule has 0 aliphatic heterocycles. The van der Waals surface area contributed by atoms with E-state index in [4.69, 9.17) is 13.8 Å². The number of benzene rings is 7. The number of furan rings is 2. The van der Waals surface area contributed by atoms with Gasteiger partial charge in [-0.2, -0.15) is 0 Å². The molecule has 11 rings (SSSR count). The van der Waals surface area contributed by atoms with Crippen molar-refractivity contribution < 1.29 is 8.83 Å². The summed E-state index contributed by atoms with van der Waals surface area (Å²) in [6.45, 7) is 8.67. The quantitative estimate of drug-likeness (QED) is 0.149. The summed E-state index contributed by atoms with van der Waals surface area (Å²) in [6, 6.07) is 54.5. The Bertz CT molecular complexity index is 3340. The van der Waals surface area contributed by atoms with Crippen LogP contribution in [0.3, 0.4) is 0 Å². The van der Waals surface area contributed by atoms with Crippen LogP contribution in [0.2, 0.25) is 0 Å². The van der Waals surface area contributed by atoms with Crippen LogP contribution >= 0.6 is 0 Å². The van der Waals surface area contributed by atoms with Gasteiger partial charge in [0.25, 0.3) is 0 Å². The standard InChI is InChI=1S/C54H39N3O2/c1-3-44(56-54(36-19-8-5-9-20-36)55-34(2)35-17-6-4-7-18-35)42-25-16-30-50-53(42)52-41(24-15-29-49(52)59-50)40-23-14-28-48-51(40)43-33-37(31-32-47(43)58-48)57-45-26-12-10-21-38(45)39-22-11-13-27-46(39)57/h3-12,14-26,28-33,54-55H,1-2,13,27H2/b56-44+. The smallest absolute Gasteiger partial charge is 0.145 e. The van der Waals surface area contributed by atoms with Crippen LogP contribution in [-0.4, -0.2) is 10.3 Å². The van der Waals surface area contributed by atoms with Gasteiger partial charge in [-0.1, -0.05) is 141 Å².